The molecule has 0 bridgehead atoms. The van der Waals surface area contributed by atoms with E-state index >= 15 is 0 Å². The first-order chi connectivity index (χ1) is 13.1. The fourth-order valence-corrected chi connectivity index (χ4v) is 4.09. The van der Waals surface area contributed by atoms with Crippen LogP contribution in [0.1, 0.15) is 37.7 Å². The fourth-order valence-electron chi connectivity index (χ4n) is 3.68. The number of nitrogens with one attached hydrogen (secondary N) is 1. The summed E-state index contributed by atoms with van der Waals surface area (Å²) in [7, 11) is 1.56. The number of thioether (sulfide) groups is 1. The van der Waals surface area contributed by atoms with Gasteiger partial charge in [-0.2, -0.15) is 0 Å². The normalized spacial score (nSPS) is 19.7. The highest BCUT2D eigenvalue weighted by Crippen LogP contribution is 2.42. The van der Waals surface area contributed by atoms with E-state index in [0.29, 0.717) is 24.2 Å². The van der Waals surface area contributed by atoms with Gasteiger partial charge in [-0.05, 0) is 43.7 Å². The maximum absolute atomic E-state index is 12.9. The average molecular weight is 388 g/mol. The molecule has 1 atom stereocenters. The molecule has 0 radical (unpaired) electrons. The van der Waals surface area contributed by atoms with Crippen LogP contribution in [0.15, 0.2) is 51.7 Å². The summed E-state index contributed by atoms with van der Waals surface area (Å²) in [4.78, 5) is 26.8. The highest BCUT2D eigenvalue weighted by molar-refractivity contribution is 7.98. The number of rotatable bonds is 6. The Balaban J connectivity index is 2.03. The predicted molar refractivity (Wildman–Crippen MR) is 106 cm³/mol. The molecule has 1 aliphatic heterocycles. The number of carbonyl (C=O) groups excluding carboxylic acids is 2. The fraction of sp³-hybridized carbons (Fsp3) is 0.429. The number of dihydropyridines is 1. The van der Waals surface area contributed by atoms with Crippen molar-refractivity contribution in [3.63, 3.8) is 0 Å². The maximum Gasteiger partial charge on any atom is 0.336 e. The number of allylic oxidation sites excluding steroid dienone is 3. The molecule has 0 spiro atoms. The third-order valence-corrected chi connectivity index (χ3v) is 5.71. The molecular weight excluding hydrogens is 362 g/mol. The molecule has 2 aliphatic rings. The number of methoxy groups -OCH3 is 1. The van der Waals surface area contributed by atoms with E-state index in [9.17, 15) is 9.59 Å². The van der Waals surface area contributed by atoms with Crippen molar-refractivity contribution in [2.75, 3.05) is 26.6 Å². The van der Waals surface area contributed by atoms with Crippen molar-refractivity contribution < 1.29 is 19.1 Å². The molecular formula is C21H25NO4S. The van der Waals surface area contributed by atoms with Crippen LogP contribution in [0.3, 0.4) is 0 Å². The summed E-state index contributed by atoms with van der Waals surface area (Å²) in [5.41, 5.74) is 3.86. The van der Waals surface area contributed by atoms with Crippen molar-refractivity contribution in [1.82, 2.24) is 5.32 Å². The number of carbonyl (C=O) groups is 2. The Hall–Kier alpha value is -2.05. The van der Waals surface area contributed by atoms with Gasteiger partial charge >= 0.3 is 5.97 Å². The maximum atomic E-state index is 12.9. The second-order valence-electron chi connectivity index (χ2n) is 6.67. The Morgan fingerprint density at radius 1 is 1.22 bits per heavy atom. The van der Waals surface area contributed by atoms with E-state index in [4.69, 9.17) is 9.47 Å². The minimum atomic E-state index is -0.402. The van der Waals surface area contributed by atoms with Crippen LogP contribution in [0.5, 0.6) is 0 Å². The molecule has 6 heteroatoms. The quantitative estimate of drug-likeness (QED) is 0.457. The summed E-state index contributed by atoms with van der Waals surface area (Å²) < 4.78 is 10.4. The second-order valence-corrected chi connectivity index (χ2v) is 7.55. The van der Waals surface area contributed by atoms with Crippen molar-refractivity contribution in [3.8, 4) is 0 Å². The van der Waals surface area contributed by atoms with Crippen LogP contribution < -0.4 is 5.32 Å². The number of esters is 1. The minimum Gasteiger partial charge on any atom is -0.460 e. The van der Waals surface area contributed by atoms with E-state index < -0.39 is 5.97 Å². The summed E-state index contributed by atoms with van der Waals surface area (Å²) in [6.45, 7) is 2.40. The highest BCUT2D eigenvalue weighted by atomic mass is 32.2. The van der Waals surface area contributed by atoms with Gasteiger partial charge in [-0.25, -0.2) is 4.79 Å². The van der Waals surface area contributed by atoms with Crippen LogP contribution in [0.2, 0.25) is 0 Å². The molecule has 1 aliphatic carbocycles. The van der Waals surface area contributed by atoms with E-state index in [1.54, 1.807) is 18.9 Å². The Morgan fingerprint density at radius 2 is 1.96 bits per heavy atom. The van der Waals surface area contributed by atoms with Gasteiger partial charge in [0, 0.05) is 41.3 Å². The van der Waals surface area contributed by atoms with Crippen LogP contribution in [0, 0.1) is 0 Å². The molecule has 1 N–H and O–H groups in total. The summed E-state index contributed by atoms with van der Waals surface area (Å²) >= 11 is 1.66. The number of benzene rings is 1. The number of hydrogen-bond donors (Lipinski definition) is 1. The molecule has 1 aromatic carbocycles. The van der Waals surface area contributed by atoms with E-state index in [-0.39, 0.29) is 18.3 Å². The summed E-state index contributed by atoms with van der Waals surface area (Å²) in [5, 5.41) is 3.29. The lowest BCUT2D eigenvalue weighted by atomic mass is 9.75. The van der Waals surface area contributed by atoms with Crippen molar-refractivity contribution in [1.29, 1.82) is 0 Å². The molecule has 3 rings (SSSR count). The molecule has 144 valence electrons. The summed E-state index contributed by atoms with van der Waals surface area (Å²) in [5.74, 6) is -0.682. The van der Waals surface area contributed by atoms with E-state index in [1.165, 1.54) is 0 Å². The van der Waals surface area contributed by atoms with Gasteiger partial charge in [0.2, 0.25) is 0 Å². The first-order valence-corrected chi connectivity index (χ1v) is 10.3. The molecule has 0 saturated carbocycles. The van der Waals surface area contributed by atoms with Crippen molar-refractivity contribution >= 4 is 23.5 Å². The zero-order valence-corrected chi connectivity index (χ0v) is 16.8. The van der Waals surface area contributed by atoms with Gasteiger partial charge in [0.15, 0.2) is 5.78 Å². The number of hydrogen-bond acceptors (Lipinski definition) is 6. The first-order valence-electron chi connectivity index (χ1n) is 9.10. The van der Waals surface area contributed by atoms with Crippen LogP contribution in [0.4, 0.5) is 0 Å². The molecule has 27 heavy (non-hydrogen) atoms. The minimum absolute atomic E-state index is 0.109. The molecule has 1 aromatic rings. The molecule has 0 amide bonds. The lowest BCUT2D eigenvalue weighted by molar-refractivity contribution is -0.140. The number of Topliss-reactive ketones (excluding diaryl/α,β-unsaturated/α-hetero) is 1. The monoisotopic (exact) mass is 387 g/mol. The second kappa shape index (κ2) is 8.76. The lowest BCUT2D eigenvalue weighted by Crippen LogP contribution is -2.34. The van der Waals surface area contributed by atoms with Crippen LogP contribution in [-0.2, 0) is 19.1 Å². The highest BCUT2D eigenvalue weighted by Gasteiger charge is 2.39. The van der Waals surface area contributed by atoms with E-state index in [2.05, 4.69) is 5.32 Å². The summed E-state index contributed by atoms with van der Waals surface area (Å²) in [6, 6.07) is 8.06. The number of ether oxygens (including phenoxy) is 2. The van der Waals surface area contributed by atoms with Crippen molar-refractivity contribution in [2.45, 2.75) is 37.0 Å². The third kappa shape index (κ3) is 4.12. The van der Waals surface area contributed by atoms with Crippen LogP contribution in [-0.4, -0.2) is 38.3 Å². The molecule has 0 aromatic heterocycles. The van der Waals surface area contributed by atoms with Gasteiger partial charge in [0.05, 0.1) is 12.2 Å². The standard InChI is InChI=1S/C21H25NO4S/c1-13-18(21(24)26-12-11-25-2)19(14-7-9-15(27-3)10-8-14)20-16(22-13)5-4-6-17(20)23/h7-10,19,22H,4-6,11-12H2,1-3H3/t19-/m0/s1. The SMILES string of the molecule is COCCOC(=O)C1=C(C)NC2=C(C(=O)CCC2)[C@H]1c1ccc(SC)cc1. The average Bonchev–Trinajstić information content (AvgIpc) is 2.67. The Labute approximate surface area is 164 Å². The molecule has 1 heterocycles. The zero-order valence-electron chi connectivity index (χ0n) is 16.0. The predicted octanol–water partition coefficient (Wildman–Crippen LogP) is 3.57. The van der Waals surface area contributed by atoms with E-state index in [0.717, 1.165) is 34.7 Å². The van der Waals surface area contributed by atoms with Crippen molar-refractivity contribution in [2.24, 2.45) is 0 Å². The van der Waals surface area contributed by atoms with Gasteiger partial charge < -0.3 is 14.8 Å². The number of ketones is 1. The van der Waals surface area contributed by atoms with Crippen LogP contribution >= 0.6 is 11.8 Å². The molecule has 5 nitrogen and oxygen atoms in total. The van der Waals surface area contributed by atoms with Gasteiger partial charge in [-0.1, -0.05) is 12.1 Å². The van der Waals surface area contributed by atoms with E-state index in [1.807, 2.05) is 37.4 Å². The van der Waals surface area contributed by atoms with Crippen LogP contribution in [0.25, 0.3) is 0 Å². The molecule has 0 unspecified atom stereocenters. The topological polar surface area (TPSA) is 64.6 Å². The Bertz CT molecular complexity index is 795. The summed E-state index contributed by atoms with van der Waals surface area (Å²) in [6.07, 6.45) is 4.20. The van der Waals surface area contributed by atoms with Gasteiger partial charge in [0.1, 0.15) is 6.61 Å². The molecule has 0 fully saturated rings. The smallest absolute Gasteiger partial charge is 0.336 e. The zero-order chi connectivity index (χ0) is 19.4. The van der Waals surface area contributed by atoms with Gasteiger partial charge in [0.25, 0.3) is 0 Å². The van der Waals surface area contributed by atoms with Crippen molar-refractivity contribution in [3.05, 3.63) is 52.4 Å². The Kier molecular flexibility index (Phi) is 6.39. The largest absolute Gasteiger partial charge is 0.460 e. The van der Waals surface area contributed by atoms with Gasteiger partial charge in [-0.3, -0.25) is 4.79 Å². The third-order valence-electron chi connectivity index (χ3n) is 4.97. The Morgan fingerprint density at radius 3 is 2.63 bits per heavy atom. The molecule has 0 saturated heterocycles. The lowest BCUT2D eigenvalue weighted by Gasteiger charge is -2.34. The first kappa shape index (κ1) is 19.7. The van der Waals surface area contributed by atoms with Gasteiger partial charge in [-0.15, -0.1) is 11.8 Å².